The number of hydrogen-bond acceptors (Lipinski definition) is 3. The first-order valence-corrected chi connectivity index (χ1v) is 4.56. The molecule has 0 aliphatic heterocycles. The van der Waals surface area contributed by atoms with E-state index in [0.717, 1.165) is 6.29 Å². The number of aromatic nitrogens is 1. The summed E-state index contributed by atoms with van der Waals surface area (Å²) in [5.41, 5.74) is -0.0596. The zero-order chi connectivity index (χ0) is 10.8. The molecular weight excluding hydrogens is 202 g/mol. The van der Waals surface area contributed by atoms with Crippen molar-refractivity contribution in [1.82, 2.24) is 4.98 Å². The average Bonchev–Trinajstić information content (AvgIpc) is 2.17. The third kappa shape index (κ3) is 1.87. The Kier molecular flexibility index (Phi) is 3.11. The van der Waals surface area contributed by atoms with Gasteiger partial charge in [0.05, 0.1) is 17.5 Å². The molecule has 0 bridgehead atoms. The molecule has 1 heterocycles. The SMILES string of the molecule is COc1nccc(Cl)c1C(C)(C)C=O. The Bertz CT molecular complexity index is 350. The fourth-order valence-corrected chi connectivity index (χ4v) is 1.60. The first-order chi connectivity index (χ1) is 6.53. The lowest BCUT2D eigenvalue weighted by molar-refractivity contribution is -0.111. The summed E-state index contributed by atoms with van der Waals surface area (Å²) in [7, 11) is 1.50. The van der Waals surface area contributed by atoms with Crippen molar-refractivity contribution in [1.29, 1.82) is 0 Å². The Morgan fingerprint density at radius 2 is 2.21 bits per heavy atom. The maximum Gasteiger partial charge on any atom is 0.218 e. The predicted molar refractivity (Wildman–Crippen MR) is 54.9 cm³/mol. The lowest BCUT2D eigenvalue weighted by atomic mass is 9.87. The molecule has 1 aromatic heterocycles. The van der Waals surface area contributed by atoms with Crippen LogP contribution >= 0.6 is 11.6 Å². The zero-order valence-electron chi connectivity index (χ0n) is 8.37. The van der Waals surface area contributed by atoms with E-state index in [0.29, 0.717) is 16.5 Å². The molecule has 0 aliphatic rings. The van der Waals surface area contributed by atoms with Crippen molar-refractivity contribution in [2.75, 3.05) is 7.11 Å². The molecule has 0 amide bonds. The minimum Gasteiger partial charge on any atom is -0.481 e. The number of methoxy groups -OCH3 is 1. The molecule has 0 saturated heterocycles. The molecule has 0 atom stereocenters. The standard InChI is InChI=1S/C10H12ClNO2/c1-10(2,6-13)8-7(11)4-5-12-9(8)14-3/h4-6H,1-3H3. The Morgan fingerprint density at radius 1 is 1.57 bits per heavy atom. The van der Waals surface area contributed by atoms with Crippen LogP contribution in [-0.2, 0) is 10.2 Å². The maximum absolute atomic E-state index is 10.9. The van der Waals surface area contributed by atoms with Gasteiger partial charge in [-0.05, 0) is 19.9 Å². The first-order valence-electron chi connectivity index (χ1n) is 4.18. The van der Waals surface area contributed by atoms with Crippen LogP contribution in [0.3, 0.4) is 0 Å². The summed E-state index contributed by atoms with van der Waals surface area (Å²) in [6.07, 6.45) is 2.38. The van der Waals surface area contributed by atoms with Crippen LogP contribution in [0.25, 0.3) is 0 Å². The molecule has 0 radical (unpaired) electrons. The fourth-order valence-electron chi connectivity index (χ4n) is 1.22. The van der Waals surface area contributed by atoms with Crippen molar-refractivity contribution < 1.29 is 9.53 Å². The third-order valence-electron chi connectivity index (χ3n) is 2.00. The van der Waals surface area contributed by atoms with Crippen LogP contribution in [0.1, 0.15) is 19.4 Å². The molecule has 4 heteroatoms. The number of aldehydes is 1. The van der Waals surface area contributed by atoms with Gasteiger partial charge in [-0.1, -0.05) is 11.6 Å². The van der Waals surface area contributed by atoms with Gasteiger partial charge in [0, 0.05) is 11.8 Å². The van der Waals surface area contributed by atoms with Crippen LogP contribution in [-0.4, -0.2) is 18.4 Å². The van der Waals surface area contributed by atoms with Gasteiger partial charge in [0.15, 0.2) is 0 Å². The molecular formula is C10H12ClNO2. The van der Waals surface area contributed by atoms with Crippen molar-refractivity contribution in [3.63, 3.8) is 0 Å². The number of halogens is 1. The van der Waals surface area contributed by atoms with Crippen molar-refractivity contribution >= 4 is 17.9 Å². The summed E-state index contributed by atoms with van der Waals surface area (Å²) >= 11 is 5.99. The second-order valence-corrected chi connectivity index (χ2v) is 3.92. The number of carbonyl (C=O) groups is 1. The highest BCUT2D eigenvalue weighted by atomic mass is 35.5. The van der Waals surface area contributed by atoms with Gasteiger partial charge in [-0.3, -0.25) is 0 Å². The van der Waals surface area contributed by atoms with Crippen LogP contribution < -0.4 is 4.74 Å². The van der Waals surface area contributed by atoms with Gasteiger partial charge >= 0.3 is 0 Å². The van der Waals surface area contributed by atoms with Crippen molar-refractivity contribution in [3.8, 4) is 5.88 Å². The Balaban J connectivity index is 3.37. The minimum absolute atomic E-state index is 0.398. The number of rotatable bonds is 3. The van der Waals surface area contributed by atoms with E-state index in [-0.39, 0.29) is 0 Å². The van der Waals surface area contributed by atoms with Gasteiger partial charge in [0.25, 0.3) is 0 Å². The largest absolute Gasteiger partial charge is 0.481 e. The van der Waals surface area contributed by atoms with E-state index in [1.807, 2.05) is 0 Å². The molecule has 0 unspecified atom stereocenters. The van der Waals surface area contributed by atoms with Gasteiger partial charge in [0.2, 0.25) is 5.88 Å². The quantitative estimate of drug-likeness (QED) is 0.723. The van der Waals surface area contributed by atoms with E-state index in [9.17, 15) is 4.79 Å². The van der Waals surface area contributed by atoms with Gasteiger partial charge in [-0.25, -0.2) is 4.98 Å². The van der Waals surface area contributed by atoms with Gasteiger partial charge in [0.1, 0.15) is 6.29 Å². The van der Waals surface area contributed by atoms with Crippen molar-refractivity contribution in [2.45, 2.75) is 19.3 Å². The normalized spacial score (nSPS) is 11.1. The molecule has 0 fully saturated rings. The minimum atomic E-state index is -0.684. The summed E-state index contributed by atoms with van der Waals surface area (Å²) in [5, 5.41) is 0.494. The highest BCUT2D eigenvalue weighted by Gasteiger charge is 2.27. The molecule has 0 spiro atoms. The summed E-state index contributed by atoms with van der Waals surface area (Å²) in [6.45, 7) is 3.54. The molecule has 1 rings (SSSR count). The van der Waals surface area contributed by atoms with Gasteiger partial charge in [-0.2, -0.15) is 0 Å². The summed E-state index contributed by atoms with van der Waals surface area (Å²) < 4.78 is 5.06. The first kappa shape index (κ1) is 11.0. The Hall–Kier alpha value is -1.09. The number of pyridine rings is 1. The monoisotopic (exact) mass is 213 g/mol. The zero-order valence-corrected chi connectivity index (χ0v) is 9.13. The maximum atomic E-state index is 10.9. The summed E-state index contributed by atoms with van der Waals surface area (Å²) in [5.74, 6) is 0.398. The van der Waals surface area contributed by atoms with E-state index >= 15 is 0 Å². The molecule has 1 aromatic rings. The molecule has 14 heavy (non-hydrogen) atoms. The third-order valence-corrected chi connectivity index (χ3v) is 2.31. The molecule has 0 N–H and O–H groups in total. The van der Waals surface area contributed by atoms with Crippen molar-refractivity contribution in [2.24, 2.45) is 0 Å². The van der Waals surface area contributed by atoms with E-state index in [4.69, 9.17) is 16.3 Å². The fraction of sp³-hybridized carbons (Fsp3) is 0.400. The van der Waals surface area contributed by atoms with E-state index in [1.54, 1.807) is 26.1 Å². The van der Waals surface area contributed by atoms with Crippen LogP contribution in [0.5, 0.6) is 5.88 Å². The van der Waals surface area contributed by atoms with Crippen LogP contribution in [0.15, 0.2) is 12.3 Å². The average molecular weight is 214 g/mol. The molecule has 0 aliphatic carbocycles. The Morgan fingerprint density at radius 3 is 2.71 bits per heavy atom. The summed E-state index contributed by atoms with van der Waals surface area (Å²) in [6, 6.07) is 1.64. The smallest absolute Gasteiger partial charge is 0.218 e. The molecule has 76 valence electrons. The number of hydrogen-bond donors (Lipinski definition) is 0. The molecule has 3 nitrogen and oxygen atoms in total. The second-order valence-electron chi connectivity index (χ2n) is 3.52. The lowest BCUT2D eigenvalue weighted by Crippen LogP contribution is -2.20. The number of carbonyl (C=O) groups excluding carboxylic acids is 1. The Labute approximate surface area is 88.1 Å². The highest BCUT2D eigenvalue weighted by molar-refractivity contribution is 6.31. The molecule has 0 aromatic carbocycles. The van der Waals surface area contributed by atoms with E-state index < -0.39 is 5.41 Å². The second kappa shape index (κ2) is 3.96. The van der Waals surface area contributed by atoms with Gasteiger partial charge < -0.3 is 9.53 Å². The lowest BCUT2D eigenvalue weighted by Gasteiger charge is -2.20. The van der Waals surface area contributed by atoms with E-state index in [2.05, 4.69) is 4.98 Å². The van der Waals surface area contributed by atoms with Crippen molar-refractivity contribution in [3.05, 3.63) is 22.8 Å². The summed E-state index contributed by atoms with van der Waals surface area (Å²) in [4.78, 5) is 14.9. The predicted octanol–water partition coefficient (Wildman–Crippen LogP) is 2.22. The topological polar surface area (TPSA) is 39.2 Å². The highest BCUT2D eigenvalue weighted by Crippen LogP contribution is 2.34. The van der Waals surface area contributed by atoms with Crippen LogP contribution in [0, 0.1) is 0 Å². The van der Waals surface area contributed by atoms with Gasteiger partial charge in [-0.15, -0.1) is 0 Å². The van der Waals surface area contributed by atoms with Crippen LogP contribution in [0.4, 0.5) is 0 Å². The number of ether oxygens (including phenoxy) is 1. The van der Waals surface area contributed by atoms with Crippen LogP contribution in [0.2, 0.25) is 5.02 Å². The molecule has 0 saturated carbocycles. The van der Waals surface area contributed by atoms with E-state index in [1.165, 1.54) is 7.11 Å². The number of nitrogens with zero attached hydrogens (tertiary/aromatic N) is 1.